The zero-order chi connectivity index (χ0) is 21.4. The lowest BCUT2D eigenvalue weighted by Crippen LogP contribution is -2.31. The zero-order valence-corrected chi connectivity index (χ0v) is 16.8. The van der Waals surface area contributed by atoms with Crippen LogP contribution in [0, 0.1) is 0 Å². The number of aromatic amines is 2. The predicted octanol–water partition coefficient (Wildman–Crippen LogP) is 3.14. The highest BCUT2D eigenvalue weighted by atomic mass is 16.2. The first-order valence-electron chi connectivity index (χ1n) is 9.92. The van der Waals surface area contributed by atoms with E-state index in [0.29, 0.717) is 35.9 Å². The Labute approximate surface area is 177 Å². The Morgan fingerprint density at radius 3 is 2.81 bits per heavy atom. The van der Waals surface area contributed by atoms with Gasteiger partial charge in [-0.1, -0.05) is 12.1 Å². The number of nitrogen functional groups attached to an aromatic ring is 1. The first-order valence-corrected chi connectivity index (χ1v) is 9.92. The van der Waals surface area contributed by atoms with Crippen LogP contribution in [0.4, 0.5) is 5.82 Å². The number of nitrogens with one attached hydrogen (secondary N) is 2. The number of nitrogens with zero attached hydrogens (tertiary/aromatic N) is 5. The van der Waals surface area contributed by atoms with Crippen molar-refractivity contribution in [1.82, 2.24) is 35.0 Å². The first kappa shape index (κ1) is 18.7. The van der Waals surface area contributed by atoms with Crippen molar-refractivity contribution in [3.63, 3.8) is 0 Å². The number of anilines is 1. The Balaban J connectivity index is 1.52. The van der Waals surface area contributed by atoms with Crippen LogP contribution in [0.2, 0.25) is 0 Å². The predicted molar refractivity (Wildman–Crippen MR) is 118 cm³/mol. The maximum Gasteiger partial charge on any atom is 0.272 e. The smallest absolute Gasteiger partial charge is 0.272 e. The van der Waals surface area contributed by atoms with Crippen molar-refractivity contribution in [2.75, 3.05) is 12.3 Å². The summed E-state index contributed by atoms with van der Waals surface area (Å²) in [6.07, 6.45) is 3.38. The third kappa shape index (κ3) is 3.35. The van der Waals surface area contributed by atoms with Gasteiger partial charge in [-0.05, 0) is 37.3 Å². The standard InChI is InChI=1S/C22H20N8O/c1-2-30(22(31)16-5-3-4-9-24-16)12-18-27-19-14-7-6-13(15-8-10-25-29-15)11-17(14)26-21(23)20(19)28-18/h3-11H,2,12H2,1H3,(H2,23,26)(H,25,29)(H,27,28). The van der Waals surface area contributed by atoms with Crippen LogP contribution >= 0.6 is 0 Å². The summed E-state index contributed by atoms with van der Waals surface area (Å²) in [6, 6.07) is 13.1. The van der Waals surface area contributed by atoms with Gasteiger partial charge in [0.05, 0.1) is 23.3 Å². The third-order valence-corrected chi connectivity index (χ3v) is 5.19. The minimum absolute atomic E-state index is 0.150. The van der Waals surface area contributed by atoms with Crippen molar-refractivity contribution < 1.29 is 4.79 Å². The molecule has 1 amide bonds. The van der Waals surface area contributed by atoms with E-state index in [4.69, 9.17) is 5.73 Å². The minimum atomic E-state index is -0.150. The molecule has 4 heterocycles. The maximum atomic E-state index is 12.8. The molecule has 5 aromatic rings. The van der Waals surface area contributed by atoms with Gasteiger partial charge in [0.25, 0.3) is 5.91 Å². The van der Waals surface area contributed by atoms with E-state index in [1.165, 1.54) is 0 Å². The number of fused-ring (bicyclic) bond motifs is 3. The second kappa shape index (κ2) is 7.52. The molecule has 0 aliphatic heterocycles. The fraction of sp³-hybridized carbons (Fsp3) is 0.136. The quantitative estimate of drug-likeness (QED) is 0.407. The van der Waals surface area contributed by atoms with Gasteiger partial charge >= 0.3 is 0 Å². The number of hydrogen-bond acceptors (Lipinski definition) is 6. The van der Waals surface area contributed by atoms with Gasteiger partial charge in [-0.3, -0.25) is 14.9 Å². The number of rotatable bonds is 5. The van der Waals surface area contributed by atoms with Gasteiger partial charge in [-0.15, -0.1) is 0 Å². The van der Waals surface area contributed by atoms with Crippen molar-refractivity contribution in [2.24, 2.45) is 0 Å². The van der Waals surface area contributed by atoms with Gasteiger partial charge in [-0.25, -0.2) is 9.97 Å². The number of nitrogens with two attached hydrogens (primary N) is 1. The topological polar surface area (TPSA) is 129 Å². The molecule has 0 atom stereocenters. The molecule has 0 spiro atoms. The molecule has 0 fully saturated rings. The minimum Gasteiger partial charge on any atom is -0.382 e. The van der Waals surface area contributed by atoms with Gasteiger partial charge in [0.2, 0.25) is 0 Å². The number of imidazole rings is 1. The molecule has 0 bridgehead atoms. The van der Waals surface area contributed by atoms with Crippen LogP contribution < -0.4 is 5.73 Å². The van der Waals surface area contributed by atoms with Gasteiger partial charge in [0.1, 0.15) is 17.0 Å². The summed E-state index contributed by atoms with van der Waals surface area (Å²) in [4.78, 5) is 31.1. The van der Waals surface area contributed by atoms with E-state index in [9.17, 15) is 4.79 Å². The number of carbonyl (C=O) groups is 1. The number of H-pyrrole nitrogens is 2. The number of aromatic nitrogens is 6. The summed E-state index contributed by atoms with van der Waals surface area (Å²) in [7, 11) is 0. The number of amides is 1. The fourth-order valence-electron chi connectivity index (χ4n) is 3.64. The molecule has 0 unspecified atom stereocenters. The number of hydrogen-bond donors (Lipinski definition) is 3. The summed E-state index contributed by atoms with van der Waals surface area (Å²) < 4.78 is 0. The van der Waals surface area contributed by atoms with Crippen LogP contribution in [0.25, 0.3) is 33.2 Å². The van der Waals surface area contributed by atoms with E-state index in [1.807, 2.05) is 31.2 Å². The Morgan fingerprint density at radius 1 is 1.16 bits per heavy atom. The van der Waals surface area contributed by atoms with Crippen molar-refractivity contribution in [3.05, 3.63) is 66.4 Å². The zero-order valence-electron chi connectivity index (χ0n) is 16.8. The van der Waals surface area contributed by atoms with E-state index < -0.39 is 0 Å². The van der Waals surface area contributed by atoms with Crippen LogP contribution in [-0.2, 0) is 6.54 Å². The van der Waals surface area contributed by atoms with E-state index in [0.717, 1.165) is 27.7 Å². The summed E-state index contributed by atoms with van der Waals surface area (Å²) in [5.74, 6) is 0.824. The Hall–Kier alpha value is -4.27. The van der Waals surface area contributed by atoms with Crippen LogP contribution in [0.1, 0.15) is 23.2 Å². The molecule has 31 heavy (non-hydrogen) atoms. The molecule has 154 valence electrons. The average molecular weight is 412 g/mol. The molecule has 9 nitrogen and oxygen atoms in total. The van der Waals surface area contributed by atoms with Crippen LogP contribution in [0.3, 0.4) is 0 Å². The van der Waals surface area contributed by atoms with Crippen molar-refractivity contribution >= 4 is 33.7 Å². The van der Waals surface area contributed by atoms with E-state index >= 15 is 0 Å². The van der Waals surface area contributed by atoms with Crippen molar-refractivity contribution in [3.8, 4) is 11.3 Å². The highest BCUT2D eigenvalue weighted by Gasteiger charge is 2.19. The second-order valence-corrected chi connectivity index (χ2v) is 7.13. The summed E-state index contributed by atoms with van der Waals surface area (Å²) in [5, 5.41) is 7.94. The monoisotopic (exact) mass is 412 g/mol. The Kier molecular flexibility index (Phi) is 4.55. The van der Waals surface area contributed by atoms with Crippen LogP contribution in [0.5, 0.6) is 0 Å². The molecule has 0 radical (unpaired) electrons. The van der Waals surface area contributed by atoms with Gasteiger partial charge < -0.3 is 15.6 Å². The highest BCUT2D eigenvalue weighted by Crippen LogP contribution is 2.29. The molecule has 0 aliphatic carbocycles. The van der Waals surface area contributed by atoms with E-state index in [1.54, 1.807) is 35.5 Å². The van der Waals surface area contributed by atoms with Gasteiger partial charge in [0, 0.05) is 29.9 Å². The molecule has 5 rings (SSSR count). The number of carbonyl (C=O) groups excluding carboxylic acids is 1. The summed E-state index contributed by atoms with van der Waals surface area (Å²) in [6.45, 7) is 2.76. The molecule has 0 saturated heterocycles. The Morgan fingerprint density at radius 2 is 2.06 bits per heavy atom. The third-order valence-electron chi connectivity index (χ3n) is 5.19. The SMILES string of the molecule is CCN(Cc1nc2c(N)nc3cc(-c4cc[nH]n4)ccc3c2[nH]1)C(=O)c1ccccn1. The number of pyridine rings is 2. The van der Waals surface area contributed by atoms with Gasteiger partial charge in [-0.2, -0.15) is 5.10 Å². The average Bonchev–Trinajstić information content (AvgIpc) is 3.48. The van der Waals surface area contributed by atoms with Crippen LogP contribution in [-0.4, -0.2) is 47.5 Å². The van der Waals surface area contributed by atoms with Crippen molar-refractivity contribution in [1.29, 1.82) is 0 Å². The molecule has 4 aromatic heterocycles. The molecule has 0 aliphatic rings. The van der Waals surface area contributed by atoms with E-state index in [-0.39, 0.29) is 5.91 Å². The maximum absolute atomic E-state index is 12.8. The van der Waals surface area contributed by atoms with E-state index in [2.05, 4.69) is 30.1 Å². The fourth-order valence-corrected chi connectivity index (χ4v) is 3.64. The normalized spacial score (nSPS) is 11.3. The molecular formula is C22H20N8O. The lowest BCUT2D eigenvalue weighted by molar-refractivity contribution is 0.0743. The Bertz CT molecular complexity index is 1380. The van der Waals surface area contributed by atoms with Crippen molar-refractivity contribution in [2.45, 2.75) is 13.5 Å². The largest absolute Gasteiger partial charge is 0.382 e. The highest BCUT2D eigenvalue weighted by molar-refractivity contribution is 6.07. The first-order chi connectivity index (χ1) is 15.1. The summed E-state index contributed by atoms with van der Waals surface area (Å²) >= 11 is 0. The second-order valence-electron chi connectivity index (χ2n) is 7.13. The molecule has 4 N–H and O–H groups in total. The van der Waals surface area contributed by atoms with Crippen LogP contribution in [0.15, 0.2) is 54.9 Å². The lowest BCUT2D eigenvalue weighted by Gasteiger charge is -2.19. The van der Waals surface area contributed by atoms with Gasteiger partial charge in [0.15, 0.2) is 5.82 Å². The molecular weight excluding hydrogens is 392 g/mol. The number of benzene rings is 1. The summed E-state index contributed by atoms with van der Waals surface area (Å²) in [5.41, 5.74) is 10.5. The molecule has 9 heteroatoms. The molecule has 0 saturated carbocycles. The lowest BCUT2D eigenvalue weighted by atomic mass is 10.1. The molecule has 1 aromatic carbocycles.